The summed E-state index contributed by atoms with van der Waals surface area (Å²) in [4.78, 5) is 28.4. The fourth-order valence-electron chi connectivity index (χ4n) is 3.96. The lowest BCUT2D eigenvalue weighted by Crippen LogP contribution is -2.49. The number of urea groups is 1. The average molecular weight is 476 g/mol. The van der Waals surface area contributed by atoms with Gasteiger partial charge < -0.3 is 15.4 Å². The molecule has 1 heterocycles. The highest BCUT2D eigenvalue weighted by Gasteiger charge is 2.42. The molecule has 4 rings (SSSR count). The van der Waals surface area contributed by atoms with Crippen LogP contribution in [0.4, 0.5) is 10.5 Å². The highest BCUT2D eigenvalue weighted by molar-refractivity contribution is 7.99. The van der Waals surface area contributed by atoms with Crippen molar-refractivity contribution in [1.82, 2.24) is 10.2 Å². The molecule has 1 saturated heterocycles. The number of amides is 3. The second-order valence-electron chi connectivity index (χ2n) is 8.04. The van der Waals surface area contributed by atoms with Crippen LogP contribution >= 0.6 is 11.8 Å². The molecule has 3 aromatic carbocycles. The molecule has 7 heteroatoms. The van der Waals surface area contributed by atoms with Gasteiger partial charge in [0.25, 0.3) is 0 Å². The summed E-state index contributed by atoms with van der Waals surface area (Å²) in [5.41, 5.74) is 3.83. The maximum absolute atomic E-state index is 13.5. The van der Waals surface area contributed by atoms with E-state index in [1.165, 1.54) is 5.56 Å². The highest BCUT2D eigenvalue weighted by atomic mass is 32.2. The monoisotopic (exact) mass is 475 g/mol. The number of nitrogens with zero attached hydrogens (tertiary/aromatic N) is 1. The number of nitrogens with one attached hydrogen (secondary N) is 2. The molecule has 1 fully saturated rings. The van der Waals surface area contributed by atoms with Gasteiger partial charge in [-0.3, -0.25) is 9.69 Å². The molecule has 34 heavy (non-hydrogen) atoms. The van der Waals surface area contributed by atoms with Gasteiger partial charge >= 0.3 is 6.03 Å². The number of methoxy groups -OCH3 is 1. The number of anilines is 1. The number of hydrogen-bond acceptors (Lipinski definition) is 4. The zero-order chi connectivity index (χ0) is 23.9. The highest BCUT2D eigenvalue weighted by Crippen LogP contribution is 2.42. The molecule has 1 aliphatic rings. The predicted octanol–water partition coefficient (Wildman–Crippen LogP) is 5.22. The molecule has 0 unspecified atom stereocenters. The summed E-state index contributed by atoms with van der Waals surface area (Å²) in [5.74, 6) is 0.913. The van der Waals surface area contributed by atoms with Gasteiger partial charge in [-0.2, -0.15) is 0 Å². The Morgan fingerprint density at radius 2 is 1.65 bits per heavy atom. The number of ether oxygens (including phenoxy) is 1. The van der Waals surface area contributed by atoms with E-state index in [0.29, 0.717) is 23.7 Å². The van der Waals surface area contributed by atoms with Crippen molar-refractivity contribution in [1.29, 1.82) is 0 Å². The van der Waals surface area contributed by atoms with Gasteiger partial charge in [-0.05, 0) is 35.2 Å². The number of rotatable bonds is 7. The number of carbonyl (C=O) groups is 2. The molecule has 0 spiro atoms. The van der Waals surface area contributed by atoms with Crippen LogP contribution in [0.1, 0.15) is 29.0 Å². The Morgan fingerprint density at radius 3 is 2.35 bits per heavy atom. The zero-order valence-corrected chi connectivity index (χ0v) is 20.2. The summed E-state index contributed by atoms with van der Waals surface area (Å²) in [6.45, 7) is 2.53. The zero-order valence-electron chi connectivity index (χ0n) is 19.4. The second-order valence-corrected chi connectivity index (χ2v) is 9.15. The summed E-state index contributed by atoms with van der Waals surface area (Å²) in [7, 11) is 1.56. The molecule has 0 bridgehead atoms. The van der Waals surface area contributed by atoms with E-state index in [9.17, 15) is 9.59 Å². The number of para-hydroxylation sites is 2. The average Bonchev–Trinajstić information content (AvgIpc) is 3.34. The van der Waals surface area contributed by atoms with Crippen molar-refractivity contribution in [3.63, 3.8) is 0 Å². The first kappa shape index (κ1) is 23.7. The summed E-state index contributed by atoms with van der Waals surface area (Å²) < 4.78 is 5.38. The van der Waals surface area contributed by atoms with Crippen molar-refractivity contribution in [2.24, 2.45) is 0 Å². The van der Waals surface area contributed by atoms with Crippen LogP contribution in [0.3, 0.4) is 0 Å². The van der Waals surface area contributed by atoms with Gasteiger partial charge in [0.15, 0.2) is 0 Å². The van der Waals surface area contributed by atoms with Crippen molar-refractivity contribution >= 4 is 29.4 Å². The molecule has 2 atom stereocenters. The SMILES string of the molecule is CCc1ccc(CNC(=O)[C@@H]2CS[C@H](c3ccccc3)N2C(=O)Nc2ccccc2OC)cc1. The van der Waals surface area contributed by atoms with E-state index in [4.69, 9.17) is 4.74 Å². The molecule has 176 valence electrons. The lowest BCUT2D eigenvalue weighted by atomic mass is 10.1. The van der Waals surface area contributed by atoms with Crippen LogP contribution in [-0.2, 0) is 17.8 Å². The predicted molar refractivity (Wildman–Crippen MR) is 137 cm³/mol. The van der Waals surface area contributed by atoms with E-state index < -0.39 is 6.04 Å². The third-order valence-electron chi connectivity index (χ3n) is 5.87. The molecule has 3 aromatic rings. The van der Waals surface area contributed by atoms with E-state index >= 15 is 0 Å². The fourth-order valence-corrected chi connectivity index (χ4v) is 5.39. The molecular weight excluding hydrogens is 446 g/mol. The Balaban J connectivity index is 1.53. The van der Waals surface area contributed by atoms with Crippen LogP contribution in [-0.4, -0.2) is 35.7 Å². The van der Waals surface area contributed by atoms with Crippen LogP contribution < -0.4 is 15.4 Å². The van der Waals surface area contributed by atoms with Crippen molar-refractivity contribution in [2.75, 3.05) is 18.2 Å². The number of aryl methyl sites for hydroxylation is 1. The summed E-state index contributed by atoms with van der Waals surface area (Å²) in [6, 6.07) is 24.3. The van der Waals surface area contributed by atoms with Gasteiger partial charge in [0.05, 0.1) is 12.8 Å². The molecule has 0 aromatic heterocycles. The van der Waals surface area contributed by atoms with E-state index in [-0.39, 0.29) is 17.3 Å². The standard InChI is InChI=1S/C27H29N3O3S/c1-3-19-13-15-20(16-14-19)17-28-25(31)23-18-34-26(21-9-5-4-6-10-21)30(23)27(32)29-22-11-7-8-12-24(22)33-2/h4-16,23,26H,3,17-18H2,1-2H3,(H,28,31)(H,29,32)/t23-,26+/m0/s1. The quantitative estimate of drug-likeness (QED) is 0.491. The van der Waals surface area contributed by atoms with Gasteiger partial charge in [0.1, 0.15) is 17.2 Å². The van der Waals surface area contributed by atoms with Crippen molar-refractivity contribution < 1.29 is 14.3 Å². The van der Waals surface area contributed by atoms with Gasteiger partial charge in [-0.25, -0.2) is 4.79 Å². The first-order valence-corrected chi connectivity index (χ1v) is 12.4. The van der Waals surface area contributed by atoms with E-state index in [1.54, 1.807) is 35.9 Å². The Hall–Kier alpha value is -3.45. The summed E-state index contributed by atoms with van der Waals surface area (Å²) in [5, 5.41) is 5.70. The molecule has 0 aliphatic carbocycles. The lowest BCUT2D eigenvalue weighted by molar-refractivity contribution is -0.124. The fraction of sp³-hybridized carbons (Fsp3) is 0.259. The van der Waals surface area contributed by atoms with Gasteiger partial charge in [-0.1, -0.05) is 73.7 Å². The minimum absolute atomic E-state index is 0.166. The molecule has 1 aliphatic heterocycles. The number of hydrogen-bond donors (Lipinski definition) is 2. The van der Waals surface area contributed by atoms with Crippen molar-refractivity contribution in [3.05, 3.63) is 95.6 Å². The van der Waals surface area contributed by atoms with Gasteiger partial charge in [0, 0.05) is 12.3 Å². The maximum atomic E-state index is 13.5. The molecule has 0 radical (unpaired) electrons. The lowest BCUT2D eigenvalue weighted by Gasteiger charge is -2.29. The number of thioether (sulfide) groups is 1. The Morgan fingerprint density at radius 1 is 0.971 bits per heavy atom. The first-order valence-electron chi connectivity index (χ1n) is 11.3. The smallest absolute Gasteiger partial charge is 0.323 e. The third-order valence-corrected chi connectivity index (χ3v) is 7.19. The molecular formula is C27H29N3O3S. The topological polar surface area (TPSA) is 70.7 Å². The number of benzene rings is 3. The summed E-state index contributed by atoms with van der Waals surface area (Å²) >= 11 is 1.59. The van der Waals surface area contributed by atoms with Gasteiger partial charge in [0.2, 0.25) is 5.91 Å². The number of carbonyl (C=O) groups excluding carboxylic acids is 2. The minimum Gasteiger partial charge on any atom is -0.495 e. The Bertz CT molecular complexity index is 1120. The molecule has 0 saturated carbocycles. The van der Waals surface area contributed by atoms with Crippen molar-refractivity contribution in [2.45, 2.75) is 31.3 Å². The van der Waals surface area contributed by atoms with E-state index in [0.717, 1.165) is 17.5 Å². The van der Waals surface area contributed by atoms with Crippen LogP contribution in [0.15, 0.2) is 78.9 Å². The van der Waals surface area contributed by atoms with Crippen LogP contribution in [0.5, 0.6) is 5.75 Å². The maximum Gasteiger partial charge on any atom is 0.323 e. The van der Waals surface area contributed by atoms with E-state index in [1.807, 2.05) is 54.6 Å². The Labute approximate surface area is 204 Å². The first-order chi connectivity index (χ1) is 16.6. The summed E-state index contributed by atoms with van der Waals surface area (Å²) in [6.07, 6.45) is 0.975. The van der Waals surface area contributed by atoms with Crippen molar-refractivity contribution in [3.8, 4) is 5.75 Å². The van der Waals surface area contributed by atoms with Crippen LogP contribution in [0.2, 0.25) is 0 Å². The normalized spacial score (nSPS) is 17.3. The largest absolute Gasteiger partial charge is 0.495 e. The van der Waals surface area contributed by atoms with Crippen LogP contribution in [0.25, 0.3) is 0 Å². The molecule has 3 amide bonds. The molecule has 2 N–H and O–H groups in total. The Kier molecular flexibility index (Phi) is 7.75. The minimum atomic E-state index is -0.597. The second kappa shape index (κ2) is 11.1. The van der Waals surface area contributed by atoms with E-state index in [2.05, 4.69) is 29.7 Å². The molecule has 6 nitrogen and oxygen atoms in total. The van der Waals surface area contributed by atoms with Crippen LogP contribution in [0, 0.1) is 0 Å². The van der Waals surface area contributed by atoms with Gasteiger partial charge in [-0.15, -0.1) is 11.8 Å². The third kappa shape index (κ3) is 5.37.